The number of hydrogen-bond acceptors (Lipinski definition) is 2. The van der Waals surface area contributed by atoms with E-state index in [4.69, 9.17) is 23.2 Å². The molecule has 0 aliphatic heterocycles. The van der Waals surface area contributed by atoms with Crippen molar-refractivity contribution in [1.82, 2.24) is 14.4 Å². The Balaban J connectivity index is 2.54. The van der Waals surface area contributed by atoms with Crippen LogP contribution in [0.25, 0.3) is 5.65 Å². The highest BCUT2D eigenvalue weighted by atomic mass is 35.5. The molecule has 0 fully saturated rings. The van der Waals surface area contributed by atoms with E-state index in [-0.39, 0.29) is 5.41 Å². The number of imidazole rings is 1. The van der Waals surface area contributed by atoms with Gasteiger partial charge in [0.1, 0.15) is 16.8 Å². The average molecular weight is 258 g/mol. The van der Waals surface area contributed by atoms with Gasteiger partial charge >= 0.3 is 0 Å². The molecule has 2 aromatic heterocycles. The van der Waals surface area contributed by atoms with E-state index in [1.165, 1.54) is 0 Å². The van der Waals surface area contributed by atoms with Gasteiger partial charge in [-0.1, -0.05) is 44.0 Å². The van der Waals surface area contributed by atoms with Crippen molar-refractivity contribution in [2.75, 3.05) is 0 Å². The van der Waals surface area contributed by atoms with Gasteiger partial charge in [-0.25, -0.2) is 9.97 Å². The van der Waals surface area contributed by atoms with Gasteiger partial charge in [0.25, 0.3) is 0 Å². The topological polar surface area (TPSA) is 30.2 Å². The van der Waals surface area contributed by atoms with E-state index < -0.39 is 4.84 Å². The quantitative estimate of drug-likeness (QED) is 0.733. The molecule has 0 saturated carbocycles. The van der Waals surface area contributed by atoms with Gasteiger partial charge in [-0.05, 0) is 0 Å². The molecule has 0 spiro atoms. The number of hydrogen-bond donors (Lipinski definition) is 0. The summed E-state index contributed by atoms with van der Waals surface area (Å²) in [6, 6.07) is 1.81. The highest BCUT2D eigenvalue weighted by molar-refractivity contribution is 6.43. The van der Waals surface area contributed by atoms with E-state index >= 15 is 0 Å². The first-order chi connectivity index (χ1) is 7.38. The summed E-state index contributed by atoms with van der Waals surface area (Å²) in [5.41, 5.74) is 2.49. The molecular formula is C11H13Cl2N3. The predicted octanol–water partition coefficient (Wildman–Crippen LogP) is 3.50. The summed E-state index contributed by atoms with van der Waals surface area (Å²) in [7, 11) is 0. The normalized spacial score (nSPS) is 12.6. The van der Waals surface area contributed by atoms with E-state index in [0.717, 1.165) is 11.3 Å². The van der Waals surface area contributed by atoms with Gasteiger partial charge in [-0.3, -0.25) is 4.40 Å². The maximum absolute atomic E-state index is 5.77. The summed E-state index contributed by atoms with van der Waals surface area (Å²) in [4.78, 5) is 8.08. The Bertz CT molecular complexity index is 511. The number of nitrogens with zero attached hydrogens (tertiary/aromatic N) is 3. The fraction of sp³-hybridized carbons (Fsp3) is 0.455. The predicted molar refractivity (Wildman–Crippen MR) is 66.1 cm³/mol. The Morgan fingerprint density at radius 1 is 1.31 bits per heavy atom. The number of aromatic nitrogens is 3. The first-order valence-corrected chi connectivity index (χ1v) is 5.88. The Kier molecular flexibility index (Phi) is 2.84. The fourth-order valence-corrected chi connectivity index (χ4v) is 1.62. The SMILES string of the molecule is CC(C)(C)c1cn2cnc(C(Cl)Cl)cc2n1. The molecule has 0 bridgehead atoms. The monoisotopic (exact) mass is 257 g/mol. The van der Waals surface area contributed by atoms with Crippen LogP contribution >= 0.6 is 23.2 Å². The summed E-state index contributed by atoms with van der Waals surface area (Å²) in [5, 5.41) is 0. The van der Waals surface area contributed by atoms with Gasteiger partial charge in [0.15, 0.2) is 0 Å². The van der Waals surface area contributed by atoms with Crippen LogP contribution in [0.5, 0.6) is 0 Å². The Labute approximate surface area is 104 Å². The van der Waals surface area contributed by atoms with Crippen molar-refractivity contribution in [3.8, 4) is 0 Å². The third-order valence-corrected chi connectivity index (χ3v) is 2.81. The molecule has 2 heterocycles. The van der Waals surface area contributed by atoms with E-state index in [0.29, 0.717) is 5.69 Å². The van der Waals surface area contributed by atoms with Crippen molar-refractivity contribution in [3.05, 3.63) is 30.0 Å². The maximum atomic E-state index is 5.77. The van der Waals surface area contributed by atoms with Crippen molar-refractivity contribution < 1.29 is 0 Å². The van der Waals surface area contributed by atoms with Crippen molar-refractivity contribution >= 4 is 28.8 Å². The van der Waals surface area contributed by atoms with Gasteiger partial charge in [0.2, 0.25) is 0 Å². The number of rotatable bonds is 1. The molecule has 0 radical (unpaired) electrons. The summed E-state index contributed by atoms with van der Waals surface area (Å²) in [6.07, 6.45) is 3.66. The molecule has 3 nitrogen and oxygen atoms in total. The van der Waals surface area contributed by atoms with Crippen LogP contribution in [-0.2, 0) is 5.41 Å². The number of halogens is 2. The summed E-state index contributed by atoms with van der Waals surface area (Å²) in [5.74, 6) is 0. The Morgan fingerprint density at radius 2 is 2.00 bits per heavy atom. The molecule has 0 atom stereocenters. The van der Waals surface area contributed by atoms with Crippen molar-refractivity contribution in [2.45, 2.75) is 31.0 Å². The molecule has 0 saturated heterocycles. The second kappa shape index (κ2) is 3.90. The van der Waals surface area contributed by atoms with E-state index in [1.54, 1.807) is 12.4 Å². The van der Waals surface area contributed by atoms with Gasteiger partial charge < -0.3 is 0 Å². The van der Waals surface area contributed by atoms with Crippen LogP contribution in [0, 0.1) is 0 Å². The van der Waals surface area contributed by atoms with E-state index in [2.05, 4.69) is 30.7 Å². The third kappa shape index (κ3) is 2.15. The lowest BCUT2D eigenvalue weighted by atomic mass is 9.93. The highest BCUT2D eigenvalue weighted by Gasteiger charge is 2.18. The van der Waals surface area contributed by atoms with Crippen LogP contribution in [0.15, 0.2) is 18.6 Å². The maximum Gasteiger partial charge on any atom is 0.149 e. The molecule has 0 aliphatic carbocycles. The zero-order valence-electron chi connectivity index (χ0n) is 9.41. The van der Waals surface area contributed by atoms with Crippen LogP contribution in [0.2, 0.25) is 0 Å². The molecule has 16 heavy (non-hydrogen) atoms. The Hall–Kier alpha value is -0.800. The third-order valence-electron chi connectivity index (χ3n) is 2.36. The highest BCUT2D eigenvalue weighted by Crippen LogP contribution is 2.25. The van der Waals surface area contributed by atoms with Gasteiger partial charge in [0.05, 0.1) is 11.4 Å². The average Bonchev–Trinajstić information content (AvgIpc) is 2.58. The molecule has 5 heteroatoms. The molecule has 0 aliphatic rings. The molecule has 2 aromatic rings. The zero-order chi connectivity index (χ0) is 11.9. The number of fused-ring (bicyclic) bond motifs is 1. The molecule has 0 N–H and O–H groups in total. The van der Waals surface area contributed by atoms with Crippen molar-refractivity contribution in [1.29, 1.82) is 0 Å². The van der Waals surface area contributed by atoms with Crippen LogP contribution in [0.1, 0.15) is 37.0 Å². The summed E-state index contributed by atoms with van der Waals surface area (Å²) < 4.78 is 1.88. The smallest absolute Gasteiger partial charge is 0.149 e. The lowest BCUT2D eigenvalue weighted by Crippen LogP contribution is -2.11. The minimum Gasteiger partial charge on any atom is -0.290 e. The van der Waals surface area contributed by atoms with E-state index in [9.17, 15) is 0 Å². The van der Waals surface area contributed by atoms with Crippen LogP contribution < -0.4 is 0 Å². The van der Waals surface area contributed by atoms with E-state index in [1.807, 2.05) is 10.6 Å². The second-order valence-electron chi connectivity index (χ2n) is 4.76. The number of alkyl halides is 2. The molecule has 0 unspecified atom stereocenters. The molecule has 0 amide bonds. The fourth-order valence-electron chi connectivity index (χ4n) is 1.39. The minimum absolute atomic E-state index is 0.0213. The van der Waals surface area contributed by atoms with Gasteiger partial charge in [-0.2, -0.15) is 0 Å². The zero-order valence-corrected chi connectivity index (χ0v) is 10.9. The largest absolute Gasteiger partial charge is 0.290 e. The first kappa shape index (κ1) is 11.7. The van der Waals surface area contributed by atoms with Crippen molar-refractivity contribution in [2.24, 2.45) is 0 Å². The molecule has 0 aromatic carbocycles. The molecule has 86 valence electrons. The van der Waals surface area contributed by atoms with Gasteiger partial charge in [0, 0.05) is 17.7 Å². The van der Waals surface area contributed by atoms with Crippen LogP contribution in [0.3, 0.4) is 0 Å². The summed E-state index contributed by atoms with van der Waals surface area (Å²) >= 11 is 11.5. The minimum atomic E-state index is -0.611. The lowest BCUT2D eigenvalue weighted by Gasteiger charge is -2.13. The van der Waals surface area contributed by atoms with Crippen LogP contribution in [0.4, 0.5) is 0 Å². The lowest BCUT2D eigenvalue weighted by molar-refractivity contribution is 0.573. The molecule has 2 rings (SSSR count). The van der Waals surface area contributed by atoms with Crippen LogP contribution in [-0.4, -0.2) is 14.4 Å². The standard InChI is InChI=1S/C11H13Cl2N3/c1-11(2,3)8-5-16-6-14-7(10(12)13)4-9(16)15-8/h4-6,10H,1-3H3. The Morgan fingerprint density at radius 3 is 2.56 bits per heavy atom. The van der Waals surface area contributed by atoms with Gasteiger partial charge in [-0.15, -0.1) is 0 Å². The summed E-state index contributed by atoms with van der Waals surface area (Å²) in [6.45, 7) is 6.36. The first-order valence-electron chi connectivity index (χ1n) is 5.01. The second-order valence-corrected chi connectivity index (χ2v) is 5.85. The molecular weight excluding hydrogens is 245 g/mol. The van der Waals surface area contributed by atoms with Crippen molar-refractivity contribution in [3.63, 3.8) is 0 Å².